The largest absolute Gasteiger partial charge is 0.382 e. The van der Waals surface area contributed by atoms with Gasteiger partial charge < -0.3 is 14.7 Å². The van der Waals surface area contributed by atoms with Crippen LogP contribution in [0.3, 0.4) is 0 Å². The first-order chi connectivity index (χ1) is 12.0. The minimum Gasteiger partial charge on any atom is -0.382 e. The fourth-order valence-electron chi connectivity index (χ4n) is 2.12. The molecule has 7 nitrogen and oxygen atoms in total. The Morgan fingerprint density at radius 3 is 2.68 bits per heavy atom. The van der Waals surface area contributed by atoms with Crippen LogP contribution in [0.5, 0.6) is 0 Å². The van der Waals surface area contributed by atoms with E-state index in [1.54, 1.807) is 0 Å². The summed E-state index contributed by atoms with van der Waals surface area (Å²) in [6.07, 6.45) is 2.49. The molecule has 134 valence electrons. The van der Waals surface area contributed by atoms with Gasteiger partial charge in [-0.3, -0.25) is 4.79 Å². The Labute approximate surface area is 147 Å². The Kier molecular flexibility index (Phi) is 6.68. The lowest BCUT2D eigenvalue weighted by Crippen LogP contribution is -2.06. The number of nitrogens with one attached hydrogen (secondary N) is 1. The number of hydrogen-bond acceptors (Lipinski definition) is 6. The Morgan fingerprint density at radius 1 is 1.32 bits per heavy atom. The fourth-order valence-corrected chi connectivity index (χ4v) is 2.12. The summed E-state index contributed by atoms with van der Waals surface area (Å²) in [6, 6.07) is 7.37. The Morgan fingerprint density at radius 2 is 2.04 bits per heavy atom. The lowest BCUT2D eigenvalue weighted by molar-refractivity contribution is -0.114. The molecule has 1 heterocycles. The van der Waals surface area contributed by atoms with Crippen molar-refractivity contribution in [3.05, 3.63) is 41.5 Å². The van der Waals surface area contributed by atoms with Crippen LogP contribution in [0, 0.1) is 0 Å². The van der Waals surface area contributed by atoms with Crippen LogP contribution in [0.2, 0.25) is 0 Å². The second kappa shape index (κ2) is 8.96. The Bertz CT molecular complexity index is 722. The van der Waals surface area contributed by atoms with Gasteiger partial charge in [-0.05, 0) is 38.0 Å². The van der Waals surface area contributed by atoms with Crippen molar-refractivity contribution >= 4 is 17.3 Å². The van der Waals surface area contributed by atoms with Gasteiger partial charge in [-0.1, -0.05) is 35.8 Å². The molecule has 0 aliphatic heterocycles. The topological polar surface area (TPSA) is 89.6 Å². The number of unbranched alkanes of at least 4 members (excludes halogenated alkanes) is 1. The van der Waals surface area contributed by atoms with Crippen molar-refractivity contribution in [2.24, 2.45) is 5.16 Å². The molecule has 1 N–H and O–H groups in total. The average molecular weight is 344 g/mol. The zero-order chi connectivity index (χ0) is 18.2. The quantitative estimate of drug-likeness (QED) is 0.580. The summed E-state index contributed by atoms with van der Waals surface area (Å²) in [5, 5.41) is 10.8. The van der Waals surface area contributed by atoms with Crippen LogP contribution < -0.4 is 5.32 Å². The van der Waals surface area contributed by atoms with Crippen molar-refractivity contribution in [3.63, 3.8) is 0 Å². The van der Waals surface area contributed by atoms with Gasteiger partial charge in [-0.2, -0.15) is 4.98 Å². The monoisotopic (exact) mass is 344 g/mol. The van der Waals surface area contributed by atoms with E-state index in [1.165, 1.54) is 6.92 Å². The van der Waals surface area contributed by atoms with Gasteiger partial charge in [0.05, 0.1) is 5.71 Å². The fraction of sp³-hybridized carbons (Fsp3) is 0.444. The maximum absolute atomic E-state index is 11.0. The molecular weight excluding hydrogens is 320 g/mol. The van der Waals surface area contributed by atoms with E-state index in [9.17, 15) is 4.79 Å². The third-order valence-corrected chi connectivity index (χ3v) is 3.56. The number of carbonyl (C=O) groups is 1. The van der Waals surface area contributed by atoms with Gasteiger partial charge in [-0.15, -0.1) is 0 Å². The van der Waals surface area contributed by atoms with E-state index in [1.807, 2.05) is 38.1 Å². The van der Waals surface area contributed by atoms with Gasteiger partial charge in [-0.25, -0.2) is 0 Å². The van der Waals surface area contributed by atoms with Gasteiger partial charge in [0.15, 0.2) is 5.82 Å². The minimum absolute atomic E-state index is 0.104. The predicted octanol–water partition coefficient (Wildman–Crippen LogP) is 3.87. The third kappa shape index (κ3) is 5.70. The predicted molar refractivity (Wildman–Crippen MR) is 95.4 cm³/mol. The normalized spacial score (nSPS) is 12.7. The van der Waals surface area contributed by atoms with E-state index < -0.39 is 6.10 Å². The number of hydrogen-bond donors (Lipinski definition) is 1. The maximum Gasteiger partial charge on any atom is 0.270 e. The number of carbonyl (C=O) groups excluding carboxylic acids is 1. The summed E-state index contributed by atoms with van der Waals surface area (Å²) in [5.74, 6) is 1.01. The van der Waals surface area contributed by atoms with E-state index in [0.717, 1.165) is 30.5 Å². The third-order valence-electron chi connectivity index (χ3n) is 3.56. The summed E-state index contributed by atoms with van der Waals surface area (Å²) in [5.41, 5.74) is 2.35. The molecule has 25 heavy (non-hydrogen) atoms. The summed E-state index contributed by atoms with van der Waals surface area (Å²) in [4.78, 5) is 20.8. The molecule has 0 saturated heterocycles. The van der Waals surface area contributed by atoms with Crippen LogP contribution in [-0.4, -0.2) is 21.8 Å². The van der Waals surface area contributed by atoms with Crippen molar-refractivity contribution in [1.82, 2.24) is 10.1 Å². The SMILES string of the molecule is CCCCc1noc(C(C)ON=C(C)c2ccc(NC(C)=O)cc2)n1. The molecule has 0 bridgehead atoms. The Hall–Kier alpha value is -2.70. The molecule has 2 rings (SSSR count). The molecule has 0 spiro atoms. The number of amides is 1. The first-order valence-corrected chi connectivity index (χ1v) is 8.40. The van der Waals surface area contributed by atoms with E-state index in [0.29, 0.717) is 17.4 Å². The molecule has 2 aromatic rings. The summed E-state index contributed by atoms with van der Waals surface area (Å²) in [7, 11) is 0. The smallest absolute Gasteiger partial charge is 0.270 e. The van der Waals surface area contributed by atoms with Crippen molar-refractivity contribution < 1.29 is 14.2 Å². The van der Waals surface area contributed by atoms with Gasteiger partial charge in [0, 0.05) is 19.0 Å². The highest BCUT2D eigenvalue weighted by atomic mass is 16.6. The first kappa shape index (κ1) is 18.6. The van der Waals surface area contributed by atoms with Crippen LogP contribution in [0.25, 0.3) is 0 Å². The van der Waals surface area contributed by atoms with Crippen molar-refractivity contribution in [1.29, 1.82) is 0 Å². The second-order valence-corrected chi connectivity index (χ2v) is 5.84. The number of nitrogens with zero attached hydrogens (tertiary/aromatic N) is 3. The number of oxime groups is 1. The molecule has 1 aromatic carbocycles. The average Bonchev–Trinajstić information content (AvgIpc) is 3.06. The van der Waals surface area contributed by atoms with Crippen LogP contribution in [-0.2, 0) is 16.1 Å². The van der Waals surface area contributed by atoms with E-state index in [-0.39, 0.29) is 5.91 Å². The molecule has 1 aromatic heterocycles. The van der Waals surface area contributed by atoms with Crippen LogP contribution in [0.1, 0.15) is 63.9 Å². The van der Waals surface area contributed by atoms with E-state index in [2.05, 4.69) is 27.5 Å². The van der Waals surface area contributed by atoms with Crippen molar-refractivity contribution in [2.75, 3.05) is 5.32 Å². The highest BCUT2D eigenvalue weighted by molar-refractivity contribution is 5.99. The number of anilines is 1. The molecule has 1 atom stereocenters. The van der Waals surface area contributed by atoms with Gasteiger partial charge in [0.1, 0.15) is 0 Å². The summed E-state index contributed by atoms with van der Waals surface area (Å²) in [6.45, 7) is 7.25. The second-order valence-electron chi connectivity index (χ2n) is 5.84. The van der Waals surface area contributed by atoms with Gasteiger partial charge in [0.25, 0.3) is 5.89 Å². The zero-order valence-corrected chi connectivity index (χ0v) is 15.1. The standard InChI is InChI=1S/C18H24N4O3/c1-5-6-7-17-20-18(25-22-17)13(3)24-21-12(2)15-8-10-16(11-9-15)19-14(4)23/h8-11,13H,5-7H2,1-4H3,(H,19,23). The molecule has 7 heteroatoms. The minimum atomic E-state index is -0.420. The summed E-state index contributed by atoms with van der Waals surface area (Å²) >= 11 is 0. The molecular formula is C18H24N4O3. The van der Waals surface area contributed by atoms with Crippen LogP contribution in [0.15, 0.2) is 33.9 Å². The number of rotatable bonds is 8. The highest BCUT2D eigenvalue weighted by Gasteiger charge is 2.15. The molecule has 0 saturated carbocycles. The Balaban J connectivity index is 1.95. The molecule has 1 unspecified atom stereocenters. The van der Waals surface area contributed by atoms with Gasteiger partial charge >= 0.3 is 0 Å². The number of benzene rings is 1. The first-order valence-electron chi connectivity index (χ1n) is 8.40. The van der Waals surface area contributed by atoms with Crippen LogP contribution >= 0.6 is 0 Å². The van der Waals surface area contributed by atoms with E-state index in [4.69, 9.17) is 9.36 Å². The zero-order valence-electron chi connectivity index (χ0n) is 15.1. The van der Waals surface area contributed by atoms with Crippen molar-refractivity contribution in [3.8, 4) is 0 Å². The molecule has 0 aliphatic carbocycles. The molecule has 1 amide bonds. The molecule has 0 aliphatic rings. The summed E-state index contributed by atoms with van der Waals surface area (Å²) < 4.78 is 5.22. The number of aryl methyl sites for hydroxylation is 1. The maximum atomic E-state index is 11.0. The highest BCUT2D eigenvalue weighted by Crippen LogP contribution is 2.17. The molecule has 0 radical (unpaired) electrons. The number of aromatic nitrogens is 2. The molecule has 0 fully saturated rings. The van der Waals surface area contributed by atoms with E-state index >= 15 is 0 Å². The van der Waals surface area contributed by atoms with Crippen molar-refractivity contribution in [2.45, 2.75) is 53.1 Å². The lowest BCUT2D eigenvalue weighted by atomic mass is 10.1. The lowest BCUT2D eigenvalue weighted by Gasteiger charge is -2.07. The van der Waals surface area contributed by atoms with Gasteiger partial charge in [0.2, 0.25) is 12.0 Å². The van der Waals surface area contributed by atoms with Crippen LogP contribution in [0.4, 0.5) is 5.69 Å².